The van der Waals surface area contributed by atoms with Gasteiger partial charge in [-0.1, -0.05) is 12.1 Å². The summed E-state index contributed by atoms with van der Waals surface area (Å²) >= 11 is 7.88. The second-order valence-corrected chi connectivity index (χ2v) is 8.59. The third-order valence-corrected chi connectivity index (χ3v) is 5.78. The molecule has 1 saturated heterocycles. The van der Waals surface area contributed by atoms with Gasteiger partial charge >= 0.3 is 10.1 Å². The minimum Gasteiger partial charge on any atom is -0.378 e. The van der Waals surface area contributed by atoms with Gasteiger partial charge < -0.3 is 4.18 Å². The predicted octanol–water partition coefficient (Wildman–Crippen LogP) is 2.04. The topological polar surface area (TPSA) is 145 Å². The predicted molar refractivity (Wildman–Crippen MR) is 112 cm³/mol. The van der Waals surface area contributed by atoms with E-state index in [9.17, 15) is 28.1 Å². The molecule has 2 amide bonds. The minimum absolute atomic E-state index is 0.0950. The van der Waals surface area contributed by atoms with Gasteiger partial charge in [-0.2, -0.15) is 8.42 Å². The third kappa shape index (κ3) is 4.69. The fourth-order valence-electron chi connectivity index (χ4n) is 2.37. The number of nitro groups is 1. The monoisotopic (exact) mass is 511 g/mol. The first-order valence-corrected chi connectivity index (χ1v) is 10.5. The molecule has 30 heavy (non-hydrogen) atoms. The first kappa shape index (κ1) is 21.5. The lowest BCUT2D eigenvalue weighted by atomic mass is 10.1. The van der Waals surface area contributed by atoms with Crippen molar-refractivity contribution in [1.82, 2.24) is 10.6 Å². The van der Waals surface area contributed by atoms with Crippen LogP contribution in [0.1, 0.15) is 5.56 Å². The molecule has 2 aromatic rings. The van der Waals surface area contributed by atoms with Crippen LogP contribution in [0.2, 0.25) is 0 Å². The molecular formula is C17H10BrN3O7S2. The van der Waals surface area contributed by atoms with E-state index in [0.29, 0.717) is 5.56 Å². The quantitative estimate of drug-likeness (QED) is 0.155. The fraction of sp³-hybridized carbons (Fsp3) is 0. The number of hydrogen-bond acceptors (Lipinski definition) is 8. The summed E-state index contributed by atoms with van der Waals surface area (Å²) in [6.07, 6.45) is 1.29. The van der Waals surface area contributed by atoms with Crippen LogP contribution in [0.4, 0.5) is 5.69 Å². The molecule has 1 aliphatic heterocycles. The van der Waals surface area contributed by atoms with Gasteiger partial charge in [0.05, 0.1) is 9.40 Å². The maximum Gasteiger partial charge on any atom is 0.339 e. The van der Waals surface area contributed by atoms with E-state index >= 15 is 0 Å². The van der Waals surface area contributed by atoms with E-state index in [1.54, 1.807) is 0 Å². The van der Waals surface area contributed by atoms with Crippen molar-refractivity contribution in [2.45, 2.75) is 4.90 Å². The average molecular weight is 512 g/mol. The van der Waals surface area contributed by atoms with Gasteiger partial charge in [-0.05, 0) is 58.0 Å². The number of non-ortho nitro benzene ring substituents is 1. The molecule has 0 aliphatic carbocycles. The Balaban J connectivity index is 1.87. The van der Waals surface area contributed by atoms with Crippen molar-refractivity contribution in [2.24, 2.45) is 0 Å². The summed E-state index contributed by atoms with van der Waals surface area (Å²) in [6, 6.07) is 8.58. The van der Waals surface area contributed by atoms with Crippen molar-refractivity contribution < 1.29 is 27.1 Å². The lowest BCUT2D eigenvalue weighted by Crippen LogP contribution is -2.51. The molecule has 0 bridgehead atoms. The Morgan fingerprint density at radius 2 is 1.77 bits per heavy atom. The fourth-order valence-corrected chi connectivity index (χ4v) is 4.12. The lowest BCUT2D eigenvalue weighted by molar-refractivity contribution is -0.385. The van der Waals surface area contributed by atoms with Crippen LogP contribution >= 0.6 is 28.1 Å². The summed E-state index contributed by atoms with van der Waals surface area (Å²) in [5.74, 6) is -1.44. The maximum atomic E-state index is 12.5. The van der Waals surface area contributed by atoms with E-state index in [2.05, 4.69) is 26.6 Å². The summed E-state index contributed by atoms with van der Waals surface area (Å²) < 4.78 is 30.2. The maximum absolute atomic E-state index is 12.5. The van der Waals surface area contributed by atoms with Gasteiger partial charge in [0.1, 0.15) is 10.5 Å². The molecule has 0 aromatic heterocycles. The number of halogens is 1. The van der Waals surface area contributed by atoms with Crippen molar-refractivity contribution in [2.75, 3.05) is 0 Å². The Labute approximate surface area is 183 Å². The average Bonchev–Trinajstić information content (AvgIpc) is 2.66. The van der Waals surface area contributed by atoms with E-state index in [1.165, 1.54) is 36.4 Å². The van der Waals surface area contributed by atoms with E-state index in [1.807, 2.05) is 0 Å². The lowest BCUT2D eigenvalue weighted by Gasteiger charge is -2.16. The third-order valence-electron chi connectivity index (χ3n) is 3.73. The zero-order valence-electron chi connectivity index (χ0n) is 14.6. The molecule has 10 nitrogen and oxygen atoms in total. The molecule has 3 rings (SSSR count). The first-order chi connectivity index (χ1) is 14.1. The molecule has 0 atom stereocenters. The van der Waals surface area contributed by atoms with Gasteiger partial charge in [0.2, 0.25) is 0 Å². The summed E-state index contributed by atoms with van der Waals surface area (Å²) in [4.78, 5) is 33.5. The Hall–Kier alpha value is -3.16. The van der Waals surface area contributed by atoms with Crippen molar-refractivity contribution in [3.63, 3.8) is 0 Å². The Morgan fingerprint density at radius 3 is 2.37 bits per heavy atom. The summed E-state index contributed by atoms with van der Waals surface area (Å²) in [6.45, 7) is 0. The van der Waals surface area contributed by atoms with Gasteiger partial charge in [0.15, 0.2) is 10.9 Å². The normalized spacial score (nSPS) is 14.0. The number of hydrogen-bond donors (Lipinski definition) is 2. The zero-order chi connectivity index (χ0) is 22.1. The zero-order valence-corrected chi connectivity index (χ0v) is 17.8. The van der Waals surface area contributed by atoms with Crippen LogP contribution in [0, 0.1) is 10.1 Å². The Morgan fingerprint density at radius 1 is 1.10 bits per heavy atom. The van der Waals surface area contributed by atoms with Crippen LogP contribution in [0.5, 0.6) is 5.75 Å². The highest BCUT2D eigenvalue weighted by molar-refractivity contribution is 9.10. The molecule has 0 spiro atoms. The molecule has 2 N–H and O–H groups in total. The van der Waals surface area contributed by atoms with Gasteiger partial charge in [-0.15, -0.1) is 0 Å². The number of nitro benzene ring substituents is 1. The summed E-state index contributed by atoms with van der Waals surface area (Å²) in [7, 11) is -4.35. The molecule has 1 aliphatic rings. The van der Waals surface area contributed by atoms with Gasteiger partial charge in [0.25, 0.3) is 17.5 Å². The molecule has 1 heterocycles. The van der Waals surface area contributed by atoms with Crippen molar-refractivity contribution in [3.05, 3.63) is 68.2 Å². The van der Waals surface area contributed by atoms with E-state index in [0.717, 1.165) is 12.1 Å². The van der Waals surface area contributed by atoms with Crippen molar-refractivity contribution >= 4 is 67.0 Å². The number of benzene rings is 2. The molecule has 13 heteroatoms. The van der Waals surface area contributed by atoms with Crippen LogP contribution in [0.15, 0.2) is 57.4 Å². The van der Waals surface area contributed by atoms with Crippen LogP contribution in [0.25, 0.3) is 6.08 Å². The number of thiocarbonyl (C=S) groups is 1. The summed E-state index contributed by atoms with van der Waals surface area (Å²) in [5, 5.41) is 15.3. The van der Waals surface area contributed by atoms with Gasteiger partial charge in [-0.25, -0.2) is 0 Å². The minimum atomic E-state index is -4.35. The first-order valence-electron chi connectivity index (χ1n) is 7.94. The SMILES string of the molecule is O=C1NC(=S)NC(=O)C1=Cc1ccc(OS(=O)(=O)c2cccc([N+](=O)[O-])c2)c(Br)c1. The van der Waals surface area contributed by atoms with Crippen molar-refractivity contribution in [1.29, 1.82) is 0 Å². The number of carbonyl (C=O) groups excluding carboxylic acids is 2. The largest absolute Gasteiger partial charge is 0.378 e. The Kier molecular flexibility index (Phi) is 5.96. The van der Waals surface area contributed by atoms with Crippen molar-refractivity contribution in [3.8, 4) is 5.75 Å². The number of nitrogens with one attached hydrogen (secondary N) is 2. The van der Waals surface area contributed by atoms with Crippen LogP contribution in [-0.4, -0.2) is 30.3 Å². The molecule has 0 radical (unpaired) electrons. The number of rotatable bonds is 5. The van der Waals surface area contributed by atoms with Gasteiger partial charge in [0, 0.05) is 12.1 Å². The van der Waals surface area contributed by atoms with Crippen LogP contribution in [-0.2, 0) is 19.7 Å². The molecule has 154 valence electrons. The highest BCUT2D eigenvalue weighted by Crippen LogP contribution is 2.30. The van der Waals surface area contributed by atoms with E-state index in [-0.39, 0.29) is 25.8 Å². The molecule has 1 fully saturated rings. The van der Waals surface area contributed by atoms with E-state index in [4.69, 9.17) is 16.4 Å². The summed E-state index contributed by atoms with van der Waals surface area (Å²) in [5.41, 5.74) is -0.187. The second-order valence-electron chi connectivity index (χ2n) is 5.78. The number of carbonyl (C=O) groups is 2. The number of nitrogens with zero attached hydrogens (tertiary/aromatic N) is 1. The van der Waals surface area contributed by atoms with Gasteiger partial charge in [-0.3, -0.25) is 30.3 Å². The highest BCUT2D eigenvalue weighted by Gasteiger charge is 2.26. The molecule has 0 saturated carbocycles. The molecule has 0 unspecified atom stereocenters. The van der Waals surface area contributed by atoms with Crippen LogP contribution in [0.3, 0.4) is 0 Å². The number of amides is 2. The Bertz CT molecular complexity index is 1220. The molecular weight excluding hydrogens is 502 g/mol. The highest BCUT2D eigenvalue weighted by atomic mass is 79.9. The van der Waals surface area contributed by atoms with E-state index < -0.39 is 32.5 Å². The standard InChI is InChI=1S/C17H10BrN3O7S2/c18-13-7-9(6-12-15(22)19-17(29)20-16(12)23)4-5-14(13)28-30(26,27)11-3-1-2-10(8-11)21(24)25/h1-8H,(H2,19,20,22,23,29). The smallest absolute Gasteiger partial charge is 0.339 e. The van der Waals surface area contributed by atoms with Crippen LogP contribution < -0.4 is 14.8 Å². The second kappa shape index (κ2) is 8.30. The molecule has 2 aromatic carbocycles.